The van der Waals surface area contributed by atoms with Crippen LogP contribution in [0.2, 0.25) is 0 Å². The molecule has 0 aliphatic carbocycles. The molecule has 0 spiro atoms. The van der Waals surface area contributed by atoms with Gasteiger partial charge in [0, 0.05) is 31.5 Å². The maximum atomic E-state index is 13.3. The normalized spacial score (nSPS) is 14.1. The Hall–Kier alpha value is -4.59. The van der Waals surface area contributed by atoms with E-state index in [4.69, 9.17) is 9.47 Å². The van der Waals surface area contributed by atoms with E-state index in [1.165, 1.54) is 20.4 Å². The second-order valence-corrected chi connectivity index (χ2v) is 9.51. The van der Waals surface area contributed by atoms with Crippen LogP contribution in [0.4, 0.5) is 16.3 Å². The van der Waals surface area contributed by atoms with Gasteiger partial charge in [-0.25, -0.2) is 14.6 Å². The summed E-state index contributed by atoms with van der Waals surface area (Å²) in [4.78, 5) is 67.5. The van der Waals surface area contributed by atoms with E-state index >= 15 is 0 Å². The van der Waals surface area contributed by atoms with Crippen LogP contribution in [0, 0.1) is 0 Å². The lowest BCUT2D eigenvalue weighted by molar-refractivity contribution is -0.146. The highest BCUT2D eigenvalue weighted by molar-refractivity contribution is 8.01. The van der Waals surface area contributed by atoms with Crippen molar-refractivity contribution < 1.29 is 23.9 Å². The van der Waals surface area contributed by atoms with Crippen molar-refractivity contribution in [3.8, 4) is 5.88 Å². The zero-order valence-corrected chi connectivity index (χ0v) is 22.2. The van der Waals surface area contributed by atoms with Crippen molar-refractivity contribution in [2.24, 2.45) is 7.05 Å². The fourth-order valence-corrected chi connectivity index (χ4v) is 4.81. The lowest BCUT2D eigenvalue weighted by atomic mass is 10.2. The average Bonchev–Trinajstić information content (AvgIpc) is 2.93. The van der Waals surface area contributed by atoms with E-state index in [0.717, 1.165) is 20.9 Å². The van der Waals surface area contributed by atoms with Gasteiger partial charge in [0.25, 0.3) is 5.56 Å². The molecule has 4 rings (SSSR count). The van der Waals surface area contributed by atoms with Gasteiger partial charge < -0.3 is 25.4 Å². The quantitative estimate of drug-likeness (QED) is 0.275. The van der Waals surface area contributed by atoms with Gasteiger partial charge >= 0.3 is 17.7 Å². The van der Waals surface area contributed by atoms with E-state index < -0.39 is 28.4 Å². The van der Waals surface area contributed by atoms with Crippen LogP contribution in [0.1, 0.15) is 18.1 Å². The molecule has 3 heterocycles. The third kappa shape index (κ3) is 6.12. The van der Waals surface area contributed by atoms with Gasteiger partial charge in [-0.2, -0.15) is 0 Å². The van der Waals surface area contributed by atoms with Crippen LogP contribution < -0.4 is 31.9 Å². The number of pyridine rings is 1. The molecule has 1 atom stereocenters. The number of rotatable bonds is 8. The van der Waals surface area contributed by atoms with Gasteiger partial charge in [0.1, 0.15) is 17.3 Å². The number of carbonyl (C=O) groups is 3. The number of nitrogens with one attached hydrogen (secondary N) is 3. The minimum Gasteiger partial charge on any atom is -0.481 e. The van der Waals surface area contributed by atoms with Crippen molar-refractivity contribution in [2.75, 3.05) is 24.3 Å². The van der Waals surface area contributed by atoms with E-state index in [2.05, 4.69) is 20.9 Å². The van der Waals surface area contributed by atoms with E-state index in [-0.39, 0.29) is 29.9 Å². The summed E-state index contributed by atoms with van der Waals surface area (Å²) in [5.41, 5.74) is 0.481. The van der Waals surface area contributed by atoms with Gasteiger partial charge in [0.05, 0.1) is 13.7 Å². The highest BCUT2D eigenvalue weighted by Gasteiger charge is 2.38. The van der Waals surface area contributed by atoms with Crippen molar-refractivity contribution >= 4 is 41.2 Å². The van der Waals surface area contributed by atoms with Crippen molar-refractivity contribution in [3.05, 3.63) is 74.6 Å². The van der Waals surface area contributed by atoms with Crippen molar-refractivity contribution in [1.29, 1.82) is 0 Å². The Morgan fingerprint density at radius 2 is 1.87 bits per heavy atom. The Morgan fingerprint density at radius 3 is 2.56 bits per heavy atom. The monoisotopic (exact) mass is 554 g/mol. The fraction of sp³-hybridized carbons (Fsp3) is 0.280. The summed E-state index contributed by atoms with van der Waals surface area (Å²) < 4.78 is 12.5. The first-order valence-electron chi connectivity index (χ1n) is 11.8. The molecule has 39 heavy (non-hydrogen) atoms. The van der Waals surface area contributed by atoms with Crippen LogP contribution in [0.15, 0.2) is 57.1 Å². The zero-order chi connectivity index (χ0) is 28.1. The molecule has 3 amide bonds. The van der Waals surface area contributed by atoms with Gasteiger partial charge in [-0.1, -0.05) is 23.9 Å². The summed E-state index contributed by atoms with van der Waals surface area (Å²) in [6.45, 7) is 2.09. The molecule has 2 aromatic heterocycles. The summed E-state index contributed by atoms with van der Waals surface area (Å²) in [6.07, 6.45) is 1.50. The predicted octanol–water partition coefficient (Wildman–Crippen LogP) is 1.30. The second-order valence-electron chi connectivity index (χ2n) is 8.39. The van der Waals surface area contributed by atoms with Crippen LogP contribution in [0.3, 0.4) is 0 Å². The Morgan fingerprint density at radius 1 is 1.13 bits per heavy atom. The number of thioether (sulfide) groups is 1. The maximum absolute atomic E-state index is 13.3. The van der Waals surface area contributed by atoms with E-state index in [9.17, 15) is 24.0 Å². The SMILES string of the molecule is CCNC(=O)Nc1ccc(Cn2c(=O)c3c(n(C)c2=O)NC(=O)C(C(=O)OCc2ccnc(OC)c2)S3)cc1. The van der Waals surface area contributed by atoms with Crippen molar-refractivity contribution in [2.45, 2.75) is 30.2 Å². The van der Waals surface area contributed by atoms with E-state index in [1.807, 2.05) is 0 Å². The van der Waals surface area contributed by atoms with Crippen LogP contribution in [-0.4, -0.2) is 50.9 Å². The number of carbonyl (C=O) groups excluding carboxylic acids is 3. The van der Waals surface area contributed by atoms with Gasteiger partial charge in [-0.15, -0.1) is 0 Å². The standard InChI is InChI=1S/C25H26N6O7S/c1-4-26-24(35)28-16-7-5-14(6-8-16)12-31-22(33)18-20(30(2)25(31)36)29-21(32)19(39-18)23(34)38-13-15-9-10-27-17(11-15)37-3/h5-11,19H,4,12-13H2,1-3H3,(H,29,32)(H2,26,28,35). The molecule has 3 N–H and O–H groups in total. The molecule has 1 aromatic carbocycles. The highest BCUT2D eigenvalue weighted by Crippen LogP contribution is 2.32. The zero-order valence-electron chi connectivity index (χ0n) is 21.3. The predicted molar refractivity (Wildman–Crippen MR) is 143 cm³/mol. The van der Waals surface area contributed by atoms with Crippen LogP contribution in [0.25, 0.3) is 0 Å². The molecule has 1 aliphatic rings. The number of hydrogen-bond donors (Lipinski definition) is 3. The first-order valence-corrected chi connectivity index (χ1v) is 12.7. The number of ether oxygens (including phenoxy) is 2. The fourth-order valence-electron chi connectivity index (χ4n) is 3.73. The number of aromatic nitrogens is 3. The average molecular weight is 555 g/mol. The third-order valence-corrected chi connectivity index (χ3v) is 6.96. The van der Waals surface area contributed by atoms with Gasteiger partial charge in [-0.05, 0) is 36.2 Å². The number of nitrogens with zero attached hydrogens (tertiary/aromatic N) is 3. The molecule has 0 saturated carbocycles. The Kier molecular flexibility index (Phi) is 8.34. The summed E-state index contributed by atoms with van der Waals surface area (Å²) >= 11 is 0.733. The molecule has 0 bridgehead atoms. The van der Waals surface area contributed by atoms with Gasteiger partial charge in [0.15, 0.2) is 5.25 Å². The lowest BCUT2D eigenvalue weighted by Crippen LogP contribution is -2.46. The number of esters is 1. The first kappa shape index (κ1) is 27.4. The van der Waals surface area contributed by atoms with E-state index in [0.29, 0.717) is 29.2 Å². The number of methoxy groups -OCH3 is 1. The van der Waals surface area contributed by atoms with Crippen LogP contribution in [-0.2, 0) is 34.5 Å². The highest BCUT2D eigenvalue weighted by atomic mass is 32.2. The molecule has 0 fully saturated rings. The molecule has 204 valence electrons. The largest absolute Gasteiger partial charge is 0.481 e. The van der Waals surface area contributed by atoms with Crippen molar-refractivity contribution in [1.82, 2.24) is 19.4 Å². The number of anilines is 2. The summed E-state index contributed by atoms with van der Waals surface area (Å²) in [5.74, 6) is -1.18. The number of hydrogen-bond acceptors (Lipinski definition) is 9. The van der Waals surface area contributed by atoms with Crippen LogP contribution >= 0.6 is 11.8 Å². The van der Waals surface area contributed by atoms with E-state index in [1.54, 1.807) is 43.3 Å². The van der Waals surface area contributed by atoms with Gasteiger partial charge in [0.2, 0.25) is 11.8 Å². The molecule has 1 unspecified atom stereocenters. The molecule has 13 nitrogen and oxygen atoms in total. The second kappa shape index (κ2) is 11.9. The lowest BCUT2D eigenvalue weighted by Gasteiger charge is -2.25. The minimum atomic E-state index is -1.35. The van der Waals surface area contributed by atoms with Crippen molar-refractivity contribution in [3.63, 3.8) is 0 Å². The molecular formula is C25H26N6O7S. The maximum Gasteiger partial charge on any atom is 0.332 e. The molecule has 3 aromatic rings. The number of fused-ring (bicyclic) bond motifs is 1. The molecule has 14 heteroatoms. The summed E-state index contributed by atoms with van der Waals surface area (Å²) in [6, 6.07) is 9.53. The third-order valence-electron chi connectivity index (χ3n) is 5.72. The first-order chi connectivity index (χ1) is 18.7. The number of amides is 3. The summed E-state index contributed by atoms with van der Waals surface area (Å²) in [5, 5.41) is 6.44. The smallest absolute Gasteiger partial charge is 0.332 e. The minimum absolute atomic E-state index is 0.0145. The van der Waals surface area contributed by atoms with Crippen LogP contribution in [0.5, 0.6) is 5.88 Å². The Bertz CT molecular complexity index is 1530. The molecule has 0 saturated heterocycles. The molecule has 1 aliphatic heterocycles. The molecular weight excluding hydrogens is 528 g/mol. The number of benzene rings is 1. The van der Waals surface area contributed by atoms with Gasteiger partial charge in [-0.3, -0.25) is 23.5 Å². The summed E-state index contributed by atoms with van der Waals surface area (Å²) in [7, 11) is 2.88. The Labute approximate surface area is 226 Å². The topological polar surface area (TPSA) is 163 Å². The molecule has 0 radical (unpaired) electrons. The Balaban J connectivity index is 1.53. The number of urea groups is 1.